The second-order valence-electron chi connectivity index (χ2n) is 4.42. The maximum Gasteiger partial charge on any atom is 0.125 e. The zero-order valence-corrected chi connectivity index (χ0v) is 11.3. The van der Waals surface area contributed by atoms with Crippen LogP contribution in [0.1, 0.15) is 16.3 Å². The molecule has 18 heavy (non-hydrogen) atoms. The van der Waals surface area contributed by atoms with Crippen molar-refractivity contribution in [3.8, 4) is 0 Å². The minimum absolute atomic E-state index is 0.289. The van der Waals surface area contributed by atoms with Crippen LogP contribution < -0.4 is 5.73 Å². The molecule has 0 aliphatic heterocycles. The van der Waals surface area contributed by atoms with Crippen molar-refractivity contribution in [2.24, 2.45) is 0 Å². The standard InChI is InChI=1S/C13H16FN3S/c1-9-16-13(8-18-9)7-17(2)6-10-3-11(14)5-12(15)4-10/h3-5,8H,6-7,15H2,1-2H3. The van der Waals surface area contributed by atoms with Gasteiger partial charge < -0.3 is 5.73 Å². The Morgan fingerprint density at radius 3 is 2.72 bits per heavy atom. The van der Waals surface area contributed by atoms with Crippen LogP contribution in [0.3, 0.4) is 0 Å². The lowest BCUT2D eigenvalue weighted by atomic mass is 10.2. The van der Waals surface area contributed by atoms with Crippen molar-refractivity contribution in [1.29, 1.82) is 0 Å². The zero-order chi connectivity index (χ0) is 13.1. The molecule has 0 aliphatic rings. The van der Waals surface area contributed by atoms with Gasteiger partial charge in [0.1, 0.15) is 5.82 Å². The highest BCUT2D eigenvalue weighted by atomic mass is 32.1. The number of hydrogen-bond donors (Lipinski definition) is 1. The Kier molecular flexibility index (Phi) is 3.93. The minimum atomic E-state index is -0.289. The highest BCUT2D eigenvalue weighted by molar-refractivity contribution is 7.09. The summed E-state index contributed by atoms with van der Waals surface area (Å²) in [6, 6.07) is 4.64. The number of benzene rings is 1. The lowest BCUT2D eigenvalue weighted by molar-refractivity contribution is 0.315. The highest BCUT2D eigenvalue weighted by Crippen LogP contribution is 2.14. The molecule has 0 saturated carbocycles. The van der Waals surface area contributed by atoms with Gasteiger partial charge in [-0.2, -0.15) is 0 Å². The maximum absolute atomic E-state index is 13.2. The number of halogens is 1. The number of rotatable bonds is 4. The molecule has 0 bridgehead atoms. The molecule has 0 saturated heterocycles. The van der Waals surface area contributed by atoms with Gasteiger partial charge in [0.25, 0.3) is 0 Å². The molecule has 2 rings (SSSR count). The summed E-state index contributed by atoms with van der Waals surface area (Å²) >= 11 is 1.64. The van der Waals surface area contributed by atoms with E-state index in [1.807, 2.05) is 19.4 Å². The lowest BCUT2D eigenvalue weighted by Crippen LogP contribution is -2.17. The normalized spacial score (nSPS) is 11.1. The first-order valence-corrected chi connectivity index (χ1v) is 6.55. The summed E-state index contributed by atoms with van der Waals surface area (Å²) in [6.07, 6.45) is 0. The monoisotopic (exact) mass is 265 g/mol. The van der Waals surface area contributed by atoms with Gasteiger partial charge in [-0.25, -0.2) is 9.37 Å². The van der Waals surface area contributed by atoms with Gasteiger partial charge in [-0.15, -0.1) is 11.3 Å². The second-order valence-corrected chi connectivity index (χ2v) is 5.49. The Morgan fingerprint density at radius 1 is 1.33 bits per heavy atom. The first-order valence-electron chi connectivity index (χ1n) is 5.67. The summed E-state index contributed by atoms with van der Waals surface area (Å²) in [6.45, 7) is 3.39. The molecule has 0 amide bonds. The molecule has 0 radical (unpaired) electrons. The van der Waals surface area contributed by atoms with Crippen molar-refractivity contribution < 1.29 is 4.39 Å². The lowest BCUT2D eigenvalue weighted by Gasteiger charge is -2.15. The molecular formula is C13H16FN3S. The minimum Gasteiger partial charge on any atom is -0.399 e. The van der Waals surface area contributed by atoms with Crippen molar-refractivity contribution in [2.75, 3.05) is 12.8 Å². The van der Waals surface area contributed by atoms with E-state index in [9.17, 15) is 4.39 Å². The first-order chi connectivity index (χ1) is 8.52. The molecule has 0 fully saturated rings. The van der Waals surface area contributed by atoms with Gasteiger partial charge in [0.2, 0.25) is 0 Å². The van der Waals surface area contributed by atoms with Gasteiger partial charge in [-0.1, -0.05) is 0 Å². The number of hydrogen-bond acceptors (Lipinski definition) is 4. The molecule has 5 heteroatoms. The van der Waals surface area contributed by atoms with E-state index in [1.54, 1.807) is 17.4 Å². The highest BCUT2D eigenvalue weighted by Gasteiger charge is 2.06. The summed E-state index contributed by atoms with van der Waals surface area (Å²) in [7, 11) is 1.98. The number of nitrogens with zero attached hydrogens (tertiary/aromatic N) is 2. The van der Waals surface area contributed by atoms with Crippen LogP contribution in [0.25, 0.3) is 0 Å². The van der Waals surface area contributed by atoms with E-state index in [2.05, 4.69) is 9.88 Å². The van der Waals surface area contributed by atoms with Crippen LogP contribution in [0.15, 0.2) is 23.6 Å². The van der Waals surface area contributed by atoms with Crippen LogP contribution in [0.5, 0.6) is 0 Å². The van der Waals surface area contributed by atoms with E-state index in [-0.39, 0.29) is 5.82 Å². The van der Waals surface area contributed by atoms with Crippen LogP contribution in [-0.2, 0) is 13.1 Å². The van der Waals surface area contributed by atoms with Crippen molar-refractivity contribution in [2.45, 2.75) is 20.0 Å². The Morgan fingerprint density at radius 2 is 2.11 bits per heavy atom. The maximum atomic E-state index is 13.2. The van der Waals surface area contributed by atoms with Gasteiger partial charge >= 0.3 is 0 Å². The fourth-order valence-corrected chi connectivity index (χ4v) is 2.50. The average Bonchev–Trinajstić information content (AvgIpc) is 2.61. The Labute approximate surface area is 110 Å². The third-order valence-electron chi connectivity index (χ3n) is 2.53. The van der Waals surface area contributed by atoms with Gasteiger partial charge in [0, 0.05) is 24.2 Å². The number of aryl methyl sites for hydroxylation is 1. The molecule has 3 nitrogen and oxygen atoms in total. The Balaban J connectivity index is 2.00. The van der Waals surface area contributed by atoms with Crippen LogP contribution >= 0.6 is 11.3 Å². The smallest absolute Gasteiger partial charge is 0.125 e. The van der Waals surface area contributed by atoms with Gasteiger partial charge in [0.15, 0.2) is 0 Å². The fraction of sp³-hybridized carbons (Fsp3) is 0.308. The summed E-state index contributed by atoms with van der Waals surface area (Å²) in [5.74, 6) is -0.289. The summed E-state index contributed by atoms with van der Waals surface area (Å²) < 4.78 is 13.2. The summed E-state index contributed by atoms with van der Waals surface area (Å²) in [5.41, 5.74) is 8.01. The summed E-state index contributed by atoms with van der Waals surface area (Å²) in [4.78, 5) is 6.49. The van der Waals surface area contributed by atoms with Crippen LogP contribution in [0.4, 0.5) is 10.1 Å². The topological polar surface area (TPSA) is 42.2 Å². The predicted molar refractivity (Wildman–Crippen MR) is 72.8 cm³/mol. The molecule has 1 aromatic heterocycles. The predicted octanol–water partition coefficient (Wildman–Crippen LogP) is 2.80. The third-order valence-corrected chi connectivity index (χ3v) is 3.35. The van der Waals surface area contributed by atoms with Gasteiger partial charge in [-0.3, -0.25) is 4.90 Å². The Hall–Kier alpha value is -1.46. The number of nitrogens with two attached hydrogens (primary N) is 1. The first kappa shape index (κ1) is 13.0. The van der Waals surface area contributed by atoms with Crippen LogP contribution in [0, 0.1) is 12.7 Å². The van der Waals surface area contributed by atoms with E-state index in [0.29, 0.717) is 12.2 Å². The zero-order valence-electron chi connectivity index (χ0n) is 10.5. The average molecular weight is 265 g/mol. The molecule has 0 spiro atoms. The SMILES string of the molecule is Cc1nc(CN(C)Cc2cc(N)cc(F)c2)cs1. The van der Waals surface area contributed by atoms with Gasteiger partial charge in [0.05, 0.1) is 10.7 Å². The quantitative estimate of drug-likeness (QED) is 0.864. The Bertz CT molecular complexity index is 519. The molecule has 0 atom stereocenters. The molecule has 2 aromatic rings. The van der Waals surface area contributed by atoms with E-state index in [4.69, 9.17) is 5.73 Å². The molecular weight excluding hydrogens is 249 g/mol. The summed E-state index contributed by atoms with van der Waals surface area (Å²) in [5, 5.41) is 3.11. The second kappa shape index (κ2) is 5.46. The fourth-order valence-electron chi connectivity index (χ4n) is 1.89. The van der Waals surface area contributed by atoms with E-state index >= 15 is 0 Å². The largest absolute Gasteiger partial charge is 0.399 e. The molecule has 96 valence electrons. The van der Waals surface area contributed by atoms with Crippen LogP contribution in [-0.4, -0.2) is 16.9 Å². The number of thiazole rings is 1. The van der Waals surface area contributed by atoms with Crippen molar-refractivity contribution in [1.82, 2.24) is 9.88 Å². The molecule has 0 aliphatic carbocycles. The van der Waals surface area contributed by atoms with Gasteiger partial charge in [-0.05, 0) is 37.7 Å². The van der Waals surface area contributed by atoms with Crippen molar-refractivity contribution in [3.05, 3.63) is 45.7 Å². The van der Waals surface area contributed by atoms with Crippen molar-refractivity contribution in [3.63, 3.8) is 0 Å². The number of nitrogen functional groups attached to an aromatic ring is 1. The number of aromatic nitrogens is 1. The molecule has 1 heterocycles. The number of anilines is 1. The molecule has 2 N–H and O–H groups in total. The van der Waals surface area contributed by atoms with Crippen LogP contribution in [0.2, 0.25) is 0 Å². The molecule has 1 aromatic carbocycles. The molecule has 0 unspecified atom stereocenters. The van der Waals surface area contributed by atoms with E-state index in [1.165, 1.54) is 12.1 Å². The van der Waals surface area contributed by atoms with E-state index < -0.39 is 0 Å². The van der Waals surface area contributed by atoms with E-state index in [0.717, 1.165) is 22.8 Å². The third kappa shape index (κ3) is 3.51. The van der Waals surface area contributed by atoms with Crippen molar-refractivity contribution >= 4 is 17.0 Å².